The molecule has 0 heterocycles. The molecule has 0 amide bonds. The quantitative estimate of drug-likeness (QED) is 0.661. The van der Waals surface area contributed by atoms with Crippen LogP contribution in [0.4, 0.5) is 0 Å². The van der Waals surface area contributed by atoms with E-state index >= 15 is 0 Å². The van der Waals surface area contributed by atoms with E-state index in [2.05, 4.69) is 0 Å². The highest BCUT2D eigenvalue weighted by Crippen LogP contribution is 2.29. The number of hydrogen-bond donors (Lipinski definition) is 3. The molecule has 0 fully saturated rings. The Morgan fingerprint density at radius 1 is 0.500 bits per heavy atom. The topological polar surface area (TPSA) is 60.7 Å². The summed E-state index contributed by atoms with van der Waals surface area (Å²) < 4.78 is 0. The second kappa shape index (κ2) is 7.09. The highest BCUT2D eigenvalue weighted by Gasteiger charge is 2.10. The maximum absolute atomic E-state index is 10.5. The van der Waals surface area contributed by atoms with Crippen molar-refractivity contribution in [3.63, 3.8) is 0 Å². The van der Waals surface area contributed by atoms with Gasteiger partial charge in [-0.3, -0.25) is 0 Å². The smallest absolute Gasteiger partial charge is 0.122 e. The number of phenolic OH excluding ortho intramolecular Hbond substituents is 3. The second-order valence-corrected chi connectivity index (χ2v) is 5.86. The van der Waals surface area contributed by atoms with E-state index in [4.69, 9.17) is 0 Å². The lowest BCUT2D eigenvalue weighted by molar-refractivity contribution is 0.456. The minimum Gasteiger partial charge on any atom is -0.508 e. The zero-order valence-electron chi connectivity index (χ0n) is 13.3. The predicted molar refractivity (Wildman–Crippen MR) is 94.5 cm³/mol. The van der Waals surface area contributed by atoms with E-state index in [0.29, 0.717) is 19.3 Å². The molecule has 0 radical (unpaired) electrons. The Balaban J connectivity index is 1.78. The summed E-state index contributed by atoms with van der Waals surface area (Å²) in [6.07, 6.45) is 1.77. The zero-order chi connectivity index (χ0) is 16.9. The van der Waals surface area contributed by atoms with E-state index in [-0.39, 0.29) is 17.2 Å². The van der Waals surface area contributed by atoms with Crippen molar-refractivity contribution >= 4 is 0 Å². The van der Waals surface area contributed by atoms with Crippen LogP contribution >= 0.6 is 0 Å². The molecule has 24 heavy (non-hydrogen) atoms. The summed E-state index contributed by atoms with van der Waals surface area (Å²) in [5.74, 6) is 0.773. The Kier molecular flexibility index (Phi) is 4.71. The van der Waals surface area contributed by atoms with Gasteiger partial charge in [0.25, 0.3) is 0 Å². The van der Waals surface area contributed by atoms with Crippen LogP contribution in [0.1, 0.15) is 22.3 Å². The minimum absolute atomic E-state index is 0.233. The Hall–Kier alpha value is -2.94. The summed E-state index contributed by atoms with van der Waals surface area (Å²) in [7, 11) is 0. The van der Waals surface area contributed by atoms with Gasteiger partial charge in [0.2, 0.25) is 0 Å². The number of aryl methyl sites for hydroxylation is 2. The molecular formula is C21H20O3. The Bertz CT molecular complexity index is 840. The van der Waals surface area contributed by atoms with Gasteiger partial charge in [0, 0.05) is 6.42 Å². The highest BCUT2D eigenvalue weighted by atomic mass is 16.3. The number of hydrogen-bond acceptors (Lipinski definition) is 3. The first kappa shape index (κ1) is 15.9. The Morgan fingerprint density at radius 2 is 1.00 bits per heavy atom. The maximum atomic E-state index is 10.5. The van der Waals surface area contributed by atoms with Crippen LogP contribution in [0.3, 0.4) is 0 Å². The average molecular weight is 320 g/mol. The van der Waals surface area contributed by atoms with Gasteiger partial charge in [-0.2, -0.15) is 0 Å². The van der Waals surface area contributed by atoms with Gasteiger partial charge in [0.1, 0.15) is 17.2 Å². The molecule has 3 rings (SSSR count). The first-order valence-electron chi connectivity index (χ1n) is 7.98. The van der Waals surface area contributed by atoms with E-state index in [1.165, 1.54) is 0 Å². The van der Waals surface area contributed by atoms with Crippen molar-refractivity contribution in [2.24, 2.45) is 0 Å². The third-order valence-corrected chi connectivity index (χ3v) is 4.23. The third kappa shape index (κ3) is 3.51. The third-order valence-electron chi connectivity index (χ3n) is 4.23. The lowest BCUT2D eigenvalue weighted by Gasteiger charge is -2.11. The molecule has 0 saturated heterocycles. The van der Waals surface area contributed by atoms with E-state index < -0.39 is 0 Å². The van der Waals surface area contributed by atoms with Crippen LogP contribution in [0, 0.1) is 0 Å². The van der Waals surface area contributed by atoms with E-state index in [1.807, 2.05) is 42.5 Å². The summed E-state index contributed by atoms with van der Waals surface area (Å²) in [6.45, 7) is 0. The number of phenols is 3. The maximum Gasteiger partial charge on any atom is 0.122 e. The predicted octanol–water partition coefficient (Wildman–Crippen LogP) is 4.18. The lowest BCUT2D eigenvalue weighted by Crippen LogP contribution is -1.96. The fraction of sp³-hybridized carbons (Fsp3) is 0.143. The fourth-order valence-electron chi connectivity index (χ4n) is 2.85. The standard InChI is InChI=1S/C21H20O3/c22-19-10-3-1-6-15(19)12-13-16-8-5-9-18(21(16)24)14-17-7-2-4-11-20(17)23/h1-11,22-24H,12-14H2. The molecule has 0 aliphatic rings. The van der Waals surface area contributed by atoms with Crippen LogP contribution in [0.25, 0.3) is 0 Å². The zero-order valence-corrected chi connectivity index (χ0v) is 13.3. The molecule has 0 bridgehead atoms. The molecule has 3 heteroatoms. The van der Waals surface area contributed by atoms with Crippen molar-refractivity contribution in [3.8, 4) is 17.2 Å². The van der Waals surface area contributed by atoms with Gasteiger partial charge < -0.3 is 15.3 Å². The summed E-state index contributed by atoms with van der Waals surface area (Å²) in [6, 6.07) is 20.1. The minimum atomic E-state index is 0.233. The van der Waals surface area contributed by atoms with Gasteiger partial charge in [0.05, 0.1) is 0 Å². The lowest BCUT2D eigenvalue weighted by atomic mass is 9.97. The van der Waals surface area contributed by atoms with Crippen molar-refractivity contribution in [1.29, 1.82) is 0 Å². The van der Waals surface area contributed by atoms with Crippen LogP contribution in [0.5, 0.6) is 17.2 Å². The van der Waals surface area contributed by atoms with Gasteiger partial charge in [0.15, 0.2) is 0 Å². The van der Waals surface area contributed by atoms with Crippen LogP contribution in [0.15, 0.2) is 66.7 Å². The highest BCUT2D eigenvalue weighted by molar-refractivity contribution is 5.46. The molecule has 0 unspecified atom stereocenters. The van der Waals surface area contributed by atoms with Crippen LogP contribution in [0.2, 0.25) is 0 Å². The molecule has 3 aromatic rings. The largest absolute Gasteiger partial charge is 0.508 e. The van der Waals surface area contributed by atoms with Gasteiger partial charge in [-0.05, 0) is 47.2 Å². The van der Waals surface area contributed by atoms with Crippen LogP contribution in [-0.2, 0) is 19.3 Å². The molecule has 3 aromatic carbocycles. The number of rotatable bonds is 5. The number of benzene rings is 3. The fourth-order valence-corrected chi connectivity index (χ4v) is 2.85. The molecule has 0 aliphatic heterocycles. The van der Waals surface area contributed by atoms with Gasteiger partial charge in [-0.15, -0.1) is 0 Å². The molecule has 0 atom stereocenters. The molecule has 0 saturated carbocycles. The van der Waals surface area contributed by atoms with Crippen molar-refractivity contribution in [2.45, 2.75) is 19.3 Å². The summed E-state index contributed by atoms with van der Waals surface area (Å²) >= 11 is 0. The Morgan fingerprint density at radius 3 is 1.67 bits per heavy atom. The number of para-hydroxylation sites is 3. The average Bonchev–Trinajstić information content (AvgIpc) is 2.59. The second-order valence-electron chi connectivity index (χ2n) is 5.86. The van der Waals surface area contributed by atoms with E-state index in [1.54, 1.807) is 24.3 Å². The van der Waals surface area contributed by atoms with Gasteiger partial charge >= 0.3 is 0 Å². The molecule has 3 nitrogen and oxygen atoms in total. The van der Waals surface area contributed by atoms with Gasteiger partial charge in [-0.25, -0.2) is 0 Å². The Labute approximate surface area is 141 Å². The first-order chi connectivity index (χ1) is 11.6. The van der Waals surface area contributed by atoms with Gasteiger partial charge in [-0.1, -0.05) is 54.6 Å². The van der Waals surface area contributed by atoms with E-state index in [9.17, 15) is 15.3 Å². The molecular weight excluding hydrogens is 300 g/mol. The van der Waals surface area contributed by atoms with Crippen molar-refractivity contribution in [2.75, 3.05) is 0 Å². The monoisotopic (exact) mass is 320 g/mol. The van der Waals surface area contributed by atoms with Crippen LogP contribution in [-0.4, -0.2) is 15.3 Å². The summed E-state index contributed by atoms with van der Waals surface area (Å²) in [5.41, 5.74) is 3.27. The van der Waals surface area contributed by atoms with Crippen molar-refractivity contribution in [1.82, 2.24) is 0 Å². The molecule has 122 valence electrons. The molecule has 3 N–H and O–H groups in total. The van der Waals surface area contributed by atoms with E-state index in [0.717, 1.165) is 22.3 Å². The first-order valence-corrected chi connectivity index (χ1v) is 7.98. The molecule has 0 aromatic heterocycles. The van der Waals surface area contributed by atoms with Crippen molar-refractivity contribution in [3.05, 3.63) is 89.0 Å². The molecule has 0 aliphatic carbocycles. The summed E-state index contributed by atoms with van der Waals surface area (Å²) in [5, 5.41) is 30.3. The van der Waals surface area contributed by atoms with Crippen molar-refractivity contribution < 1.29 is 15.3 Å². The van der Waals surface area contributed by atoms with Crippen LogP contribution < -0.4 is 0 Å². The number of aromatic hydroxyl groups is 3. The normalized spacial score (nSPS) is 10.7. The SMILES string of the molecule is Oc1ccccc1CCc1cccc(Cc2ccccc2O)c1O. The summed E-state index contributed by atoms with van der Waals surface area (Å²) in [4.78, 5) is 0. The molecule has 0 spiro atoms.